The van der Waals surface area contributed by atoms with E-state index in [-0.39, 0.29) is 54.3 Å². The van der Waals surface area contributed by atoms with Crippen molar-refractivity contribution in [2.24, 2.45) is 17.3 Å². The van der Waals surface area contributed by atoms with Gasteiger partial charge in [-0.25, -0.2) is 0 Å². The molecule has 0 saturated carbocycles. The smallest absolute Gasteiger partial charge is 0.162 e. The monoisotopic (exact) mass is 859 g/mol. The third kappa shape index (κ3) is 9.31. The van der Waals surface area contributed by atoms with E-state index < -0.39 is 0 Å². The van der Waals surface area contributed by atoms with E-state index in [2.05, 4.69) is 90.1 Å². The molecule has 267 valence electrons. The van der Waals surface area contributed by atoms with Gasteiger partial charge in [-0.05, 0) is 61.5 Å². The summed E-state index contributed by atoms with van der Waals surface area (Å²) in [4.78, 5) is 16.6. The van der Waals surface area contributed by atoms with Crippen LogP contribution in [-0.4, -0.2) is 15.9 Å². The second-order valence-electron chi connectivity index (χ2n) is 14.7. The van der Waals surface area contributed by atoms with E-state index >= 15 is 0 Å². The zero-order valence-corrected chi connectivity index (χ0v) is 34.5. The van der Waals surface area contributed by atoms with E-state index in [0.717, 1.165) is 78.3 Å². The summed E-state index contributed by atoms with van der Waals surface area (Å²) in [5.74, 6) is 1.61. The van der Waals surface area contributed by atoms with Crippen molar-refractivity contribution in [3.63, 3.8) is 0 Å². The number of nitrogens with zero attached hydrogens (tertiary/aromatic N) is 1. The molecule has 0 atom stereocenters. The molecule has 4 nitrogen and oxygen atoms in total. The number of aromatic nitrogens is 1. The molecular formula is C43H56IrNO3S-. The third-order valence-corrected chi connectivity index (χ3v) is 11.3. The molecule has 0 aliphatic rings. The number of pyridine rings is 1. The summed E-state index contributed by atoms with van der Waals surface area (Å²) in [6, 6.07) is 19.0. The van der Waals surface area contributed by atoms with E-state index in [4.69, 9.17) is 9.40 Å². The van der Waals surface area contributed by atoms with Crippen molar-refractivity contribution in [2.45, 2.75) is 120 Å². The van der Waals surface area contributed by atoms with Crippen molar-refractivity contribution in [3.05, 3.63) is 77.9 Å². The number of hydrogen-bond acceptors (Lipinski definition) is 5. The van der Waals surface area contributed by atoms with Crippen LogP contribution in [0, 0.1) is 23.3 Å². The Hall–Kier alpha value is -2.79. The zero-order chi connectivity index (χ0) is 35.2. The maximum absolute atomic E-state index is 11.7. The Balaban J connectivity index is 0.000000347. The fourth-order valence-corrected chi connectivity index (χ4v) is 7.78. The van der Waals surface area contributed by atoms with Crippen molar-refractivity contribution in [2.75, 3.05) is 0 Å². The quantitative estimate of drug-likeness (QED) is 0.0771. The maximum atomic E-state index is 11.7. The molecule has 3 aromatic heterocycles. The first kappa shape index (κ1) is 40.6. The molecule has 5 rings (SSSR count). The maximum Gasteiger partial charge on any atom is 0.162 e. The van der Waals surface area contributed by atoms with Gasteiger partial charge in [-0.15, -0.1) is 40.5 Å². The van der Waals surface area contributed by atoms with Crippen LogP contribution < -0.4 is 0 Å². The number of carbonyl (C=O) groups excluding carboxylic acids is 1. The molecule has 2 aromatic carbocycles. The molecule has 1 radical (unpaired) electrons. The van der Waals surface area contributed by atoms with Gasteiger partial charge in [0.15, 0.2) is 11.4 Å². The molecule has 1 N–H and O–H groups in total. The summed E-state index contributed by atoms with van der Waals surface area (Å²) in [5.41, 5.74) is 4.77. The second kappa shape index (κ2) is 17.4. The van der Waals surface area contributed by atoms with Gasteiger partial charge in [-0.2, -0.15) is 0 Å². The van der Waals surface area contributed by atoms with Gasteiger partial charge < -0.3 is 9.52 Å². The van der Waals surface area contributed by atoms with E-state index in [1.165, 1.54) is 26.4 Å². The Morgan fingerprint density at radius 2 is 1.55 bits per heavy atom. The minimum Gasteiger partial charge on any atom is -0.512 e. The fourth-order valence-electron chi connectivity index (χ4n) is 6.60. The predicted octanol–water partition coefficient (Wildman–Crippen LogP) is 13.2. The largest absolute Gasteiger partial charge is 0.512 e. The molecule has 0 bridgehead atoms. The molecule has 6 heteroatoms. The molecule has 3 heterocycles. The Morgan fingerprint density at radius 3 is 2.14 bits per heavy atom. The number of aliphatic hydroxyl groups is 1. The van der Waals surface area contributed by atoms with E-state index in [9.17, 15) is 9.90 Å². The minimum atomic E-state index is 0. The summed E-state index contributed by atoms with van der Waals surface area (Å²) < 4.78 is 8.73. The van der Waals surface area contributed by atoms with Gasteiger partial charge in [0.1, 0.15) is 5.76 Å². The van der Waals surface area contributed by atoms with Crippen molar-refractivity contribution in [1.82, 2.24) is 4.98 Å². The predicted molar refractivity (Wildman–Crippen MR) is 206 cm³/mol. The summed E-state index contributed by atoms with van der Waals surface area (Å²) in [5, 5.41) is 13.4. The van der Waals surface area contributed by atoms with Gasteiger partial charge in [0.25, 0.3) is 0 Å². The van der Waals surface area contributed by atoms with Gasteiger partial charge in [0.2, 0.25) is 0 Å². The van der Waals surface area contributed by atoms with Gasteiger partial charge in [0.05, 0.1) is 10.5 Å². The SMILES string of the molecule is CCC(C)(CC)c1cc(-c2nccc3c2sc2cc(CC(C)(C)C)oc23)[c-]c2ccccc12.CCC(CC)C(=O)/C=C(\O)C(CC)CC.[Ir]. The number of rotatable bonds is 12. The molecule has 0 aliphatic carbocycles. The van der Waals surface area contributed by atoms with Crippen LogP contribution in [0.15, 0.2) is 64.9 Å². The Bertz CT molecular complexity index is 1860. The molecule has 0 fully saturated rings. The molecule has 49 heavy (non-hydrogen) atoms. The molecule has 5 aromatic rings. The van der Waals surface area contributed by atoms with Gasteiger partial charge in [0, 0.05) is 66.4 Å². The van der Waals surface area contributed by atoms with E-state index in [1.807, 2.05) is 33.9 Å². The number of aliphatic hydroxyl groups excluding tert-OH is 1. The van der Waals surface area contributed by atoms with Crippen LogP contribution in [0.3, 0.4) is 0 Å². The Labute approximate surface area is 312 Å². The fraction of sp³-hybridized carbons (Fsp3) is 0.488. The molecule has 0 aliphatic heterocycles. The van der Waals surface area contributed by atoms with Crippen molar-refractivity contribution in [3.8, 4) is 11.3 Å². The number of allylic oxidation sites excluding steroid dienone is 2. The number of ketones is 1. The molecular weight excluding hydrogens is 803 g/mol. The van der Waals surface area contributed by atoms with Gasteiger partial charge in [-0.3, -0.25) is 9.78 Å². The van der Waals surface area contributed by atoms with Gasteiger partial charge in [-0.1, -0.05) is 98.4 Å². The molecule has 0 saturated heterocycles. The number of hydrogen-bond donors (Lipinski definition) is 1. The van der Waals surface area contributed by atoms with Crippen molar-refractivity contribution >= 4 is 48.3 Å². The first-order valence-corrected chi connectivity index (χ1v) is 18.8. The first-order valence-electron chi connectivity index (χ1n) is 18.0. The van der Waals surface area contributed by atoms with Crippen LogP contribution in [0.2, 0.25) is 0 Å². The summed E-state index contributed by atoms with van der Waals surface area (Å²) in [6.07, 6.45) is 9.94. The number of carbonyl (C=O) groups is 1. The Kier molecular flexibility index (Phi) is 14.5. The van der Waals surface area contributed by atoms with E-state index in [1.54, 1.807) is 11.3 Å². The van der Waals surface area contributed by atoms with Crippen LogP contribution in [0.1, 0.15) is 119 Å². The average Bonchev–Trinajstić information content (AvgIpc) is 3.61. The summed E-state index contributed by atoms with van der Waals surface area (Å²) in [7, 11) is 0. The standard InChI is InChI=1S/C30H32NOS.C13H24O2.Ir/c1-7-30(6,8-2)24-16-20(15-19-11-9-10-12-22(19)24)26-28-23(13-14-31-26)27-25(33-28)17-21(32-27)18-29(3,4)5;1-5-10(6-2)12(14)9-13(15)11(7-3)8-4;/h9-14,16-17H,7-8,18H2,1-6H3;9-11,14H,5-8H2,1-4H3;/q-1;;/b;12-9-;. The van der Waals surface area contributed by atoms with Crippen LogP contribution >= 0.6 is 11.3 Å². The first-order chi connectivity index (χ1) is 22.8. The molecule has 0 unspecified atom stereocenters. The third-order valence-electron chi connectivity index (χ3n) is 10.1. The topological polar surface area (TPSA) is 63.3 Å². The van der Waals surface area contributed by atoms with Crippen LogP contribution in [0.25, 0.3) is 42.4 Å². The Morgan fingerprint density at radius 1 is 0.918 bits per heavy atom. The average molecular weight is 859 g/mol. The minimum absolute atomic E-state index is 0. The van der Waals surface area contributed by atoms with Crippen molar-refractivity contribution in [1.29, 1.82) is 0 Å². The molecule has 0 amide bonds. The van der Waals surface area contributed by atoms with Crippen LogP contribution in [0.4, 0.5) is 0 Å². The van der Waals surface area contributed by atoms with Crippen LogP contribution in [0.5, 0.6) is 0 Å². The second-order valence-corrected chi connectivity index (χ2v) is 15.7. The number of benzene rings is 2. The normalized spacial score (nSPS) is 12.5. The number of thiophene rings is 1. The van der Waals surface area contributed by atoms with Crippen molar-refractivity contribution < 1.29 is 34.4 Å². The number of furan rings is 1. The molecule has 0 spiro atoms. The van der Waals surface area contributed by atoms with Crippen LogP contribution in [-0.2, 0) is 36.7 Å². The number of fused-ring (bicyclic) bond motifs is 4. The van der Waals surface area contributed by atoms with Gasteiger partial charge >= 0.3 is 0 Å². The summed E-state index contributed by atoms with van der Waals surface area (Å²) >= 11 is 1.78. The van der Waals surface area contributed by atoms with E-state index in [0.29, 0.717) is 0 Å². The summed E-state index contributed by atoms with van der Waals surface area (Å²) in [6.45, 7) is 21.8. The zero-order valence-electron chi connectivity index (χ0n) is 31.3.